The highest BCUT2D eigenvalue weighted by molar-refractivity contribution is 7.99. The van der Waals surface area contributed by atoms with Crippen LogP contribution in [0.15, 0.2) is 35.4 Å². The zero-order valence-electron chi connectivity index (χ0n) is 10.7. The van der Waals surface area contributed by atoms with E-state index in [4.69, 9.17) is 0 Å². The molecule has 0 saturated heterocycles. The zero-order chi connectivity index (χ0) is 12.8. The Morgan fingerprint density at radius 2 is 2.06 bits per heavy atom. The summed E-state index contributed by atoms with van der Waals surface area (Å²) in [5, 5.41) is 11.5. The van der Waals surface area contributed by atoms with Crippen LogP contribution in [0.5, 0.6) is 0 Å². The van der Waals surface area contributed by atoms with E-state index in [1.807, 2.05) is 30.3 Å². The van der Waals surface area contributed by atoms with E-state index in [9.17, 15) is 5.11 Å². The minimum atomic E-state index is 0.0634. The van der Waals surface area contributed by atoms with Gasteiger partial charge in [0, 0.05) is 10.9 Å². The minimum Gasteiger partial charge on any atom is -0.392 e. The first-order valence-corrected chi connectivity index (χ1v) is 7.46. The van der Waals surface area contributed by atoms with E-state index in [2.05, 4.69) is 11.9 Å². The minimum absolute atomic E-state index is 0.0634. The summed E-state index contributed by atoms with van der Waals surface area (Å²) in [6.45, 7) is 2.27. The molecule has 0 aliphatic carbocycles. The summed E-state index contributed by atoms with van der Waals surface area (Å²) in [4.78, 5) is 4.65. The lowest BCUT2D eigenvalue weighted by atomic mass is 10.2. The second kappa shape index (κ2) is 6.76. The van der Waals surface area contributed by atoms with E-state index in [0.29, 0.717) is 0 Å². The van der Waals surface area contributed by atoms with E-state index < -0.39 is 0 Å². The lowest BCUT2D eigenvalue weighted by molar-refractivity contribution is 0.278. The van der Waals surface area contributed by atoms with Gasteiger partial charge >= 0.3 is 0 Å². The molecule has 2 aromatic rings. The van der Waals surface area contributed by atoms with Gasteiger partial charge in [-0.05, 0) is 24.3 Å². The van der Waals surface area contributed by atoms with Crippen LogP contribution in [0.4, 0.5) is 0 Å². The number of pyridine rings is 1. The molecule has 1 N–H and O–H groups in total. The topological polar surface area (TPSA) is 33.1 Å². The summed E-state index contributed by atoms with van der Waals surface area (Å²) in [5.74, 6) is 1.08. The number of thioether (sulfide) groups is 1. The highest BCUT2D eigenvalue weighted by Crippen LogP contribution is 2.25. The molecule has 0 spiro atoms. The van der Waals surface area contributed by atoms with Crippen LogP contribution in [0.3, 0.4) is 0 Å². The van der Waals surface area contributed by atoms with Gasteiger partial charge in [0.25, 0.3) is 0 Å². The van der Waals surface area contributed by atoms with Gasteiger partial charge in [-0.25, -0.2) is 4.98 Å². The molecule has 0 saturated carbocycles. The molecule has 0 amide bonds. The Morgan fingerprint density at radius 1 is 1.22 bits per heavy atom. The van der Waals surface area contributed by atoms with Crippen molar-refractivity contribution in [2.24, 2.45) is 0 Å². The van der Waals surface area contributed by atoms with Crippen molar-refractivity contribution in [2.75, 3.05) is 5.75 Å². The molecule has 1 aromatic heterocycles. The third kappa shape index (κ3) is 3.24. The summed E-state index contributed by atoms with van der Waals surface area (Å²) in [7, 11) is 0. The van der Waals surface area contributed by atoms with Crippen molar-refractivity contribution in [3.63, 3.8) is 0 Å². The summed E-state index contributed by atoms with van der Waals surface area (Å²) in [6, 6.07) is 10.1. The average Bonchev–Trinajstić information content (AvgIpc) is 2.42. The fourth-order valence-electron chi connectivity index (χ4n) is 1.90. The SMILES string of the molecule is CCCCCSc1nc2ccccc2cc1CO. The molecule has 1 aromatic carbocycles. The second-order valence-corrected chi connectivity index (χ2v) is 5.44. The van der Waals surface area contributed by atoms with Gasteiger partial charge in [-0.2, -0.15) is 0 Å². The number of para-hydroxylation sites is 1. The van der Waals surface area contributed by atoms with Crippen LogP contribution in [0, 0.1) is 0 Å². The van der Waals surface area contributed by atoms with Gasteiger partial charge < -0.3 is 5.11 Å². The number of hydrogen-bond donors (Lipinski definition) is 1. The monoisotopic (exact) mass is 261 g/mol. The van der Waals surface area contributed by atoms with Gasteiger partial charge in [-0.3, -0.25) is 0 Å². The predicted octanol–water partition coefficient (Wildman–Crippen LogP) is 4.01. The van der Waals surface area contributed by atoms with E-state index in [1.165, 1.54) is 19.3 Å². The van der Waals surface area contributed by atoms with Crippen molar-refractivity contribution >= 4 is 22.7 Å². The summed E-state index contributed by atoms with van der Waals surface area (Å²) >= 11 is 1.76. The highest BCUT2D eigenvalue weighted by Gasteiger charge is 2.06. The number of aliphatic hydroxyl groups is 1. The van der Waals surface area contributed by atoms with Crippen molar-refractivity contribution in [3.05, 3.63) is 35.9 Å². The van der Waals surface area contributed by atoms with E-state index in [0.717, 1.165) is 27.2 Å². The quantitative estimate of drug-likeness (QED) is 0.630. The Morgan fingerprint density at radius 3 is 2.83 bits per heavy atom. The molecule has 0 aliphatic heterocycles. The summed E-state index contributed by atoms with van der Waals surface area (Å²) in [6.07, 6.45) is 3.70. The number of hydrogen-bond acceptors (Lipinski definition) is 3. The molecule has 0 fully saturated rings. The van der Waals surface area contributed by atoms with Crippen molar-refractivity contribution in [1.82, 2.24) is 4.98 Å². The van der Waals surface area contributed by atoms with Crippen molar-refractivity contribution in [2.45, 2.75) is 37.8 Å². The smallest absolute Gasteiger partial charge is 0.102 e. The van der Waals surface area contributed by atoms with Crippen LogP contribution < -0.4 is 0 Å². The molecule has 0 aliphatic rings. The Kier molecular flexibility index (Phi) is 5.02. The first-order chi connectivity index (χ1) is 8.85. The molecule has 2 rings (SSSR count). The van der Waals surface area contributed by atoms with Crippen LogP contribution in [0.1, 0.15) is 31.7 Å². The maximum absolute atomic E-state index is 9.43. The molecule has 0 bridgehead atoms. The molecule has 2 nitrogen and oxygen atoms in total. The third-order valence-electron chi connectivity index (χ3n) is 2.92. The Labute approximate surface area is 112 Å². The summed E-state index contributed by atoms with van der Waals surface area (Å²) < 4.78 is 0. The number of unbranched alkanes of at least 4 members (excludes halogenated alkanes) is 2. The van der Waals surface area contributed by atoms with Crippen LogP contribution in [0.25, 0.3) is 10.9 Å². The van der Waals surface area contributed by atoms with Gasteiger partial charge in [0.05, 0.1) is 12.1 Å². The number of nitrogens with zero attached hydrogens (tertiary/aromatic N) is 1. The van der Waals surface area contributed by atoms with E-state index in [1.54, 1.807) is 11.8 Å². The van der Waals surface area contributed by atoms with E-state index in [-0.39, 0.29) is 6.61 Å². The number of aliphatic hydroxyl groups excluding tert-OH is 1. The summed E-state index contributed by atoms with van der Waals surface area (Å²) in [5.41, 5.74) is 1.95. The largest absolute Gasteiger partial charge is 0.392 e. The fraction of sp³-hybridized carbons (Fsp3) is 0.400. The molecular weight excluding hydrogens is 242 g/mol. The second-order valence-electron chi connectivity index (χ2n) is 4.36. The van der Waals surface area contributed by atoms with Crippen LogP contribution in [-0.2, 0) is 6.61 Å². The Balaban J connectivity index is 2.19. The fourth-order valence-corrected chi connectivity index (χ4v) is 2.91. The van der Waals surface area contributed by atoms with Crippen molar-refractivity contribution < 1.29 is 5.11 Å². The maximum atomic E-state index is 9.43. The third-order valence-corrected chi connectivity index (χ3v) is 4.04. The number of fused-ring (bicyclic) bond motifs is 1. The predicted molar refractivity (Wildman–Crippen MR) is 77.9 cm³/mol. The maximum Gasteiger partial charge on any atom is 0.102 e. The molecule has 3 heteroatoms. The molecule has 0 radical (unpaired) electrons. The van der Waals surface area contributed by atoms with Gasteiger partial charge in [0.15, 0.2) is 0 Å². The van der Waals surface area contributed by atoms with Gasteiger partial charge in [0.1, 0.15) is 5.03 Å². The molecule has 0 unspecified atom stereocenters. The van der Waals surface area contributed by atoms with E-state index >= 15 is 0 Å². The first-order valence-electron chi connectivity index (χ1n) is 6.47. The normalized spacial score (nSPS) is 11.0. The lowest BCUT2D eigenvalue weighted by Gasteiger charge is -2.08. The molecule has 0 atom stereocenters. The lowest BCUT2D eigenvalue weighted by Crippen LogP contribution is -1.94. The molecular formula is C15H19NOS. The van der Waals surface area contributed by atoms with Gasteiger partial charge in [0.2, 0.25) is 0 Å². The average molecular weight is 261 g/mol. The number of aromatic nitrogens is 1. The first kappa shape index (κ1) is 13.4. The van der Waals surface area contributed by atoms with Gasteiger partial charge in [-0.15, -0.1) is 11.8 Å². The number of benzene rings is 1. The molecule has 1 heterocycles. The van der Waals surface area contributed by atoms with Gasteiger partial charge in [-0.1, -0.05) is 38.0 Å². The van der Waals surface area contributed by atoms with Crippen LogP contribution in [-0.4, -0.2) is 15.8 Å². The zero-order valence-corrected chi connectivity index (χ0v) is 11.5. The Bertz CT molecular complexity index is 513. The van der Waals surface area contributed by atoms with Crippen molar-refractivity contribution in [3.8, 4) is 0 Å². The highest BCUT2D eigenvalue weighted by atomic mass is 32.2. The molecule has 96 valence electrons. The van der Waals surface area contributed by atoms with Crippen molar-refractivity contribution in [1.29, 1.82) is 0 Å². The molecule has 18 heavy (non-hydrogen) atoms. The number of rotatable bonds is 6. The Hall–Kier alpha value is -1.06. The standard InChI is InChI=1S/C15H19NOS/c1-2-3-6-9-18-15-13(11-17)10-12-7-4-5-8-14(12)16-15/h4-5,7-8,10,17H,2-3,6,9,11H2,1H3. The van der Waals surface area contributed by atoms with Crippen LogP contribution in [0.2, 0.25) is 0 Å². The van der Waals surface area contributed by atoms with Crippen LogP contribution >= 0.6 is 11.8 Å².